The Morgan fingerprint density at radius 1 is 1.15 bits per heavy atom. The summed E-state index contributed by atoms with van der Waals surface area (Å²) in [5.74, 6) is 4.47. The molecule has 0 aliphatic rings. The molecule has 3 unspecified atom stereocenters. The van der Waals surface area contributed by atoms with Crippen LogP contribution in [0.2, 0.25) is 0 Å². The van der Waals surface area contributed by atoms with Crippen LogP contribution in [0.25, 0.3) is 5.57 Å². The Hall–Kier alpha value is -3.38. The number of hydrogen-bond donors (Lipinski definition) is 1. The molecule has 6 heteroatoms. The number of carbonyl (C=O) groups is 1. The molecule has 210 valence electrons. The van der Waals surface area contributed by atoms with E-state index in [1.165, 1.54) is 22.8 Å². The van der Waals surface area contributed by atoms with E-state index in [1.807, 2.05) is 23.2 Å². The number of aromatic nitrogens is 2. The molecule has 1 aromatic carbocycles. The van der Waals surface area contributed by atoms with Gasteiger partial charge in [0.25, 0.3) is 0 Å². The van der Waals surface area contributed by atoms with E-state index in [0.717, 1.165) is 27.9 Å². The topological polar surface area (TPSA) is 64.0 Å². The Balaban J connectivity index is 2.71. The van der Waals surface area contributed by atoms with Crippen LogP contribution in [0.1, 0.15) is 57.2 Å². The number of amides is 1. The zero-order valence-electron chi connectivity index (χ0n) is 24.7. The first-order valence-electron chi connectivity index (χ1n) is 13.3. The molecule has 3 atom stereocenters. The van der Waals surface area contributed by atoms with Crippen molar-refractivity contribution < 1.29 is 9.00 Å². The van der Waals surface area contributed by atoms with Gasteiger partial charge in [0.1, 0.15) is 0 Å². The summed E-state index contributed by atoms with van der Waals surface area (Å²) in [7, 11) is -2.12. The predicted molar refractivity (Wildman–Crippen MR) is 169 cm³/mol. The zero-order chi connectivity index (χ0) is 29.3. The van der Waals surface area contributed by atoms with Crippen molar-refractivity contribution in [2.24, 2.45) is 5.92 Å². The third kappa shape index (κ3) is 9.10. The molecular weight excluding hydrogens is 502 g/mol. The molecule has 0 spiro atoms. The van der Waals surface area contributed by atoms with Crippen molar-refractivity contribution in [2.75, 3.05) is 18.6 Å². The fraction of sp³-hybridized carbons (Fsp3) is 0.364. The van der Waals surface area contributed by atoms with Crippen molar-refractivity contribution in [3.05, 3.63) is 107 Å². The molecule has 1 amide bonds. The van der Waals surface area contributed by atoms with Gasteiger partial charge in [0.2, 0.25) is 5.91 Å². The Bertz CT molecular complexity index is 1380. The summed E-state index contributed by atoms with van der Waals surface area (Å²) in [4.78, 5) is 12.2. The van der Waals surface area contributed by atoms with E-state index in [0.29, 0.717) is 18.8 Å². The van der Waals surface area contributed by atoms with Gasteiger partial charge in [0.15, 0.2) is 0 Å². The van der Waals surface area contributed by atoms with Crippen LogP contribution in [0, 0.1) is 12.8 Å². The lowest BCUT2D eigenvalue weighted by atomic mass is 9.78. The average Bonchev–Trinajstić information content (AvgIpc) is 3.36. The lowest BCUT2D eigenvalue weighted by Gasteiger charge is -2.27. The van der Waals surface area contributed by atoms with Crippen molar-refractivity contribution in [2.45, 2.75) is 54.0 Å². The summed E-state index contributed by atoms with van der Waals surface area (Å²) in [6, 6.07) is 8.72. The molecule has 0 bridgehead atoms. The molecule has 1 aromatic heterocycles. The second-order valence-electron chi connectivity index (χ2n) is 10.6. The smallest absolute Gasteiger partial charge is 0.243 e. The number of hydrogen-bond acceptors (Lipinski definition) is 3. The number of aryl methyl sites for hydroxylation is 2. The van der Waals surface area contributed by atoms with E-state index in [-0.39, 0.29) is 17.7 Å². The molecule has 5 nitrogen and oxygen atoms in total. The third-order valence-corrected chi connectivity index (χ3v) is 8.26. The standard InChI is InChI=1S/C33H45N3O2S/c1-11-13-30(29-20-35-36(22-29)18-19-39(9,10)38)33(31(23(3)4)21-34-32(37)12-2)27(8)25(6)26(7)28-16-14-24(5)15-17-28/h11-17,20,22,25-26H,1-2,9,18-19,21H2,3-8,10H3,(H,34,37)/b30-13-,33-27-. The lowest BCUT2D eigenvalue weighted by Crippen LogP contribution is -2.25. The number of rotatable bonds is 13. The van der Waals surface area contributed by atoms with Gasteiger partial charge in [-0.3, -0.25) is 13.7 Å². The second-order valence-corrected chi connectivity index (χ2v) is 13.4. The number of nitrogens with zero attached hydrogens (tertiary/aromatic N) is 2. The van der Waals surface area contributed by atoms with Gasteiger partial charge in [-0.05, 0) is 83.3 Å². The van der Waals surface area contributed by atoms with Gasteiger partial charge in [-0.25, -0.2) is 0 Å². The molecule has 0 fully saturated rings. The van der Waals surface area contributed by atoms with Gasteiger partial charge in [-0.2, -0.15) is 5.10 Å². The van der Waals surface area contributed by atoms with Crippen LogP contribution in [0.3, 0.4) is 0 Å². The zero-order valence-corrected chi connectivity index (χ0v) is 25.5. The van der Waals surface area contributed by atoms with Crippen molar-refractivity contribution in [1.29, 1.82) is 0 Å². The van der Waals surface area contributed by atoms with Crippen molar-refractivity contribution in [3.8, 4) is 0 Å². The Kier molecular flexibility index (Phi) is 11.5. The highest BCUT2D eigenvalue weighted by atomic mass is 32.2. The van der Waals surface area contributed by atoms with Crippen molar-refractivity contribution >= 4 is 26.9 Å². The molecule has 0 radical (unpaired) electrons. The Morgan fingerprint density at radius 3 is 2.33 bits per heavy atom. The minimum absolute atomic E-state index is 0.200. The first kappa shape index (κ1) is 31.8. The summed E-state index contributed by atoms with van der Waals surface area (Å²) in [6.45, 7) is 21.4. The van der Waals surface area contributed by atoms with Crippen LogP contribution in [0.15, 0.2) is 90.3 Å². The van der Waals surface area contributed by atoms with Crippen LogP contribution in [0.5, 0.6) is 0 Å². The van der Waals surface area contributed by atoms with Crippen LogP contribution >= 0.6 is 0 Å². The average molecular weight is 548 g/mol. The van der Waals surface area contributed by atoms with E-state index < -0.39 is 9.52 Å². The van der Waals surface area contributed by atoms with Crippen LogP contribution in [0.4, 0.5) is 0 Å². The molecule has 0 saturated carbocycles. The van der Waals surface area contributed by atoms with E-state index in [1.54, 1.807) is 12.3 Å². The number of carbonyl (C=O) groups excluding carboxylic acids is 1. The molecule has 0 aliphatic heterocycles. The molecule has 1 heterocycles. The van der Waals surface area contributed by atoms with Crippen LogP contribution < -0.4 is 5.32 Å². The van der Waals surface area contributed by atoms with Gasteiger partial charge in [-0.15, -0.1) is 0 Å². The van der Waals surface area contributed by atoms with E-state index in [9.17, 15) is 9.00 Å². The second kappa shape index (κ2) is 14.1. The van der Waals surface area contributed by atoms with E-state index in [4.69, 9.17) is 0 Å². The number of nitrogens with one attached hydrogen (secondary N) is 1. The summed E-state index contributed by atoms with van der Waals surface area (Å²) >= 11 is 0. The minimum Gasteiger partial charge on any atom is -0.348 e. The maximum absolute atomic E-state index is 12.2. The number of benzene rings is 1. The highest BCUT2D eigenvalue weighted by Gasteiger charge is 2.24. The van der Waals surface area contributed by atoms with Gasteiger partial charge in [0.05, 0.1) is 12.7 Å². The van der Waals surface area contributed by atoms with Gasteiger partial charge >= 0.3 is 0 Å². The van der Waals surface area contributed by atoms with Crippen LogP contribution in [-0.2, 0) is 20.9 Å². The number of allylic oxidation sites excluding steroid dienone is 5. The van der Waals surface area contributed by atoms with Crippen LogP contribution in [-0.4, -0.2) is 44.3 Å². The van der Waals surface area contributed by atoms with E-state index >= 15 is 0 Å². The summed E-state index contributed by atoms with van der Waals surface area (Å²) < 4.78 is 14.0. The quantitative estimate of drug-likeness (QED) is 0.177. The van der Waals surface area contributed by atoms with Gasteiger partial charge < -0.3 is 5.32 Å². The SMILES string of the molecule is C=C/C=C(\C(C(CNC(=O)C=C)=C(C)C)=C(/C)C(C)C(C)c1ccc(C)cc1)c1cnn(CCS(=C)(C)=O)c1. The molecule has 1 N–H and O–H groups in total. The first-order valence-corrected chi connectivity index (χ1v) is 15.6. The molecule has 2 aromatic rings. The Labute approximate surface area is 236 Å². The molecular formula is C33H45N3O2S. The summed E-state index contributed by atoms with van der Waals surface area (Å²) in [6.07, 6.45) is 10.6. The minimum atomic E-state index is -2.12. The summed E-state index contributed by atoms with van der Waals surface area (Å²) in [5, 5.41) is 7.54. The van der Waals surface area contributed by atoms with Crippen molar-refractivity contribution in [1.82, 2.24) is 15.1 Å². The molecule has 0 saturated heterocycles. The van der Waals surface area contributed by atoms with Gasteiger partial charge in [0, 0.05) is 30.3 Å². The predicted octanol–water partition coefficient (Wildman–Crippen LogP) is 6.50. The van der Waals surface area contributed by atoms with Crippen molar-refractivity contribution in [3.63, 3.8) is 0 Å². The molecule has 0 aliphatic carbocycles. The maximum Gasteiger partial charge on any atom is 0.243 e. The fourth-order valence-corrected chi connectivity index (χ4v) is 5.06. The maximum atomic E-state index is 12.2. The molecule has 39 heavy (non-hydrogen) atoms. The molecule has 2 rings (SSSR count). The Morgan fingerprint density at radius 2 is 1.79 bits per heavy atom. The first-order chi connectivity index (χ1) is 18.3. The largest absolute Gasteiger partial charge is 0.348 e. The highest BCUT2D eigenvalue weighted by Crippen LogP contribution is 2.39. The fourth-order valence-electron chi connectivity index (χ4n) is 4.49. The van der Waals surface area contributed by atoms with Gasteiger partial charge in [-0.1, -0.05) is 80.1 Å². The normalized spacial score (nSPS) is 15.4. The highest BCUT2D eigenvalue weighted by molar-refractivity contribution is 7.99. The third-order valence-electron chi connectivity index (χ3n) is 7.21. The summed E-state index contributed by atoms with van der Waals surface area (Å²) in [5.41, 5.74) is 8.86. The van der Waals surface area contributed by atoms with E-state index in [2.05, 4.69) is 95.3 Å². The monoisotopic (exact) mass is 547 g/mol. The lowest BCUT2D eigenvalue weighted by molar-refractivity contribution is -0.116.